The van der Waals surface area contributed by atoms with Gasteiger partial charge in [0.15, 0.2) is 5.96 Å². The quantitative estimate of drug-likeness (QED) is 0.240. The fourth-order valence-electron chi connectivity index (χ4n) is 2.59. The van der Waals surface area contributed by atoms with Crippen LogP contribution in [0, 0.1) is 0 Å². The zero-order valence-electron chi connectivity index (χ0n) is 15.2. The molecule has 2 N–H and O–H groups in total. The Morgan fingerprint density at radius 3 is 2.29 bits per heavy atom. The minimum absolute atomic E-state index is 0. The fraction of sp³-hybridized carbons (Fsp3) is 0.933. The minimum atomic E-state index is -3.27. The molecule has 2 unspecified atom stereocenters. The van der Waals surface area contributed by atoms with E-state index in [2.05, 4.69) is 22.5 Å². The average Bonchev–Trinajstić information content (AvgIpc) is 2.48. The van der Waals surface area contributed by atoms with E-state index >= 15 is 0 Å². The van der Waals surface area contributed by atoms with E-state index in [0.717, 1.165) is 13.0 Å². The Balaban J connectivity index is 0.00000529. The number of sulfonamides is 1. The standard InChI is InChI=1S/C15H32N4O3S.HI/c1-5-6-7-8-17-15(16-4)18-9-10-23(20,21)19-11-13(2)22-14(3)12-19;/h13-14H,5-12H2,1-4H3,(H2,16,17,18);1H. The molecule has 1 saturated heterocycles. The molecule has 1 heterocycles. The average molecular weight is 476 g/mol. The highest BCUT2D eigenvalue weighted by molar-refractivity contribution is 14.0. The Morgan fingerprint density at radius 2 is 1.75 bits per heavy atom. The molecule has 144 valence electrons. The molecule has 1 fully saturated rings. The van der Waals surface area contributed by atoms with Crippen molar-refractivity contribution >= 4 is 40.0 Å². The van der Waals surface area contributed by atoms with Crippen LogP contribution in [0.25, 0.3) is 0 Å². The monoisotopic (exact) mass is 476 g/mol. The smallest absolute Gasteiger partial charge is 0.216 e. The maximum Gasteiger partial charge on any atom is 0.216 e. The van der Waals surface area contributed by atoms with E-state index in [1.165, 1.54) is 17.1 Å². The van der Waals surface area contributed by atoms with Crippen molar-refractivity contribution in [1.82, 2.24) is 14.9 Å². The number of aliphatic imine (C=N–C) groups is 1. The van der Waals surface area contributed by atoms with Crippen LogP contribution < -0.4 is 10.6 Å². The molecule has 0 amide bonds. The van der Waals surface area contributed by atoms with Gasteiger partial charge in [-0.15, -0.1) is 24.0 Å². The van der Waals surface area contributed by atoms with Crippen molar-refractivity contribution < 1.29 is 13.2 Å². The number of halogens is 1. The second-order valence-electron chi connectivity index (χ2n) is 6.02. The van der Waals surface area contributed by atoms with Gasteiger partial charge >= 0.3 is 0 Å². The first-order valence-electron chi connectivity index (χ1n) is 8.46. The van der Waals surface area contributed by atoms with Crippen molar-refractivity contribution in [2.24, 2.45) is 4.99 Å². The summed E-state index contributed by atoms with van der Waals surface area (Å²) in [5, 5.41) is 6.26. The second-order valence-corrected chi connectivity index (χ2v) is 8.11. The molecule has 1 aliphatic heterocycles. The van der Waals surface area contributed by atoms with Crippen LogP contribution >= 0.6 is 24.0 Å². The largest absolute Gasteiger partial charge is 0.373 e. The lowest BCUT2D eigenvalue weighted by molar-refractivity contribution is -0.0440. The van der Waals surface area contributed by atoms with E-state index in [9.17, 15) is 8.42 Å². The zero-order valence-corrected chi connectivity index (χ0v) is 18.4. The van der Waals surface area contributed by atoms with E-state index < -0.39 is 10.0 Å². The van der Waals surface area contributed by atoms with E-state index in [1.54, 1.807) is 7.05 Å². The van der Waals surface area contributed by atoms with Crippen LogP contribution in [0.1, 0.15) is 40.0 Å². The van der Waals surface area contributed by atoms with Crippen LogP contribution in [0.2, 0.25) is 0 Å². The summed E-state index contributed by atoms with van der Waals surface area (Å²) in [7, 11) is -1.58. The lowest BCUT2D eigenvalue weighted by atomic mass is 10.2. The van der Waals surface area contributed by atoms with Gasteiger partial charge in [0.25, 0.3) is 0 Å². The van der Waals surface area contributed by atoms with Crippen molar-refractivity contribution in [3.63, 3.8) is 0 Å². The molecule has 7 nitrogen and oxygen atoms in total. The minimum Gasteiger partial charge on any atom is -0.373 e. The predicted octanol–water partition coefficient (Wildman–Crippen LogP) is 1.40. The summed E-state index contributed by atoms with van der Waals surface area (Å²) >= 11 is 0. The number of hydrogen-bond donors (Lipinski definition) is 2. The molecule has 1 rings (SSSR count). The molecule has 0 aromatic rings. The summed E-state index contributed by atoms with van der Waals surface area (Å²) in [5.74, 6) is 0.710. The number of nitrogens with zero attached hydrogens (tertiary/aromatic N) is 2. The third kappa shape index (κ3) is 8.82. The maximum absolute atomic E-state index is 12.4. The number of guanidine groups is 1. The van der Waals surface area contributed by atoms with Gasteiger partial charge in [-0.1, -0.05) is 19.8 Å². The van der Waals surface area contributed by atoms with Gasteiger partial charge in [-0.2, -0.15) is 4.31 Å². The van der Waals surface area contributed by atoms with Gasteiger partial charge in [0, 0.05) is 33.2 Å². The Labute approximate surface area is 164 Å². The molecule has 2 atom stereocenters. The Kier molecular flexibility index (Phi) is 12.2. The number of nitrogens with one attached hydrogen (secondary N) is 2. The number of ether oxygens (including phenoxy) is 1. The van der Waals surface area contributed by atoms with E-state index in [0.29, 0.717) is 25.6 Å². The molecule has 0 aromatic heterocycles. The molecule has 0 bridgehead atoms. The Morgan fingerprint density at radius 1 is 1.17 bits per heavy atom. The highest BCUT2D eigenvalue weighted by atomic mass is 127. The normalized spacial score (nSPS) is 22.8. The molecular formula is C15H33IN4O3S. The molecule has 0 aliphatic carbocycles. The van der Waals surface area contributed by atoms with Crippen molar-refractivity contribution in [2.45, 2.75) is 52.2 Å². The van der Waals surface area contributed by atoms with E-state index in [4.69, 9.17) is 4.74 Å². The molecule has 1 aliphatic rings. The van der Waals surface area contributed by atoms with Crippen LogP contribution in [0.4, 0.5) is 0 Å². The Hall–Kier alpha value is -0.130. The molecular weight excluding hydrogens is 443 g/mol. The lowest BCUT2D eigenvalue weighted by Crippen LogP contribution is -2.50. The van der Waals surface area contributed by atoms with Gasteiger partial charge in [-0.3, -0.25) is 4.99 Å². The van der Waals surface area contributed by atoms with Crippen molar-refractivity contribution in [1.29, 1.82) is 0 Å². The highest BCUT2D eigenvalue weighted by Crippen LogP contribution is 2.14. The van der Waals surface area contributed by atoms with Crippen LogP contribution in [0.3, 0.4) is 0 Å². The first-order valence-corrected chi connectivity index (χ1v) is 10.1. The summed E-state index contributed by atoms with van der Waals surface area (Å²) in [6.45, 7) is 8.00. The molecule has 24 heavy (non-hydrogen) atoms. The second kappa shape index (κ2) is 12.3. The van der Waals surface area contributed by atoms with E-state index in [1.807, 2.05) is 13.8 Å². The predicted molar refractivity (Wildman–Crippen MR) is 110 cm³/mol. The summed E-state index contributed by atoms with van der Waals surface area (Å²) in [6.07, 6.45) is 3.30. The SMILES string of the molecule is CCCCCNC(=NC)NCCS(=O)(=O)N1CC(C)OC(C)C1.I. The Bertz CT molecular complexity index is 463. The van der Waals surface area contributed by atoms with Crippen LogP contribution in [-0.2, 0) is 14.8 Å². The van der Waals surface area contributed by atoms with Crippen LogP contribution in [0.5, 0.6) is 0 Å². The third-order valence-corrected chi connectivity index (χ3v) is 5.53. The molecule has 0 saturated carbocycles. The molecule has 9 heteroatoms. The van der Waals surface area contributed by atoms with Crippen molar-refractivity contribution in [3.8, 4) is 0 Å². The first kappa shape index (κ1) is 23.9. The summed E-state index contributed by atoms with van der Waals surface area (Å²) in [5.41, 5.74) is 0. The van der Waals surface area contributed by atoms with Crippen LogP contribution in [0.15, 0.2) is 4.99 Å². The van der Waals surface area contributed by atoms with Gasteiger partial charge < -0.3 is 15.4 Å². The van der Waals surface area contributed by atoms with Gasteiger partial charge in [0.2, 0.25) is 10.0 Å². The highest BCUT2D eigenvalue weighted by Gasteiger charge is 2.30. The van der Waals surface area contributed by atoms with Gasteiger partial charge in [-0.05, 0) is 20.3 Å². The number of rotatable bonds is 8. The van der Waals surface area contributed by atoms with Crippen LogP contribution in [-0.4, -0.2) is 69.9 Å². The summed E-state index contributed by atoms with van der Waals surface area (Å²) in [6, 6.07) is 0. The van der Waals surface area contributed by atoms with Gasteiger partial charge in [0.1, 0.15) is 0 Å². The lowest BCUT2D eigenvalue weighted by Gasteiger charge is -2.34. The fourth-order valence-corrected chi connectivity index (χ4v) is 4.08. The molecule has 0 spiro atoms. The van der Waals surface area contributed by atoms with Gasteiger partial charge in [-0.25, -0.2) is 8.42 Å². The van der Waals surface area contributed by atoms with Gasteiger partial charge in [0.05, 0.1) is 18.0 Å². The summed E-state index contributed by atoms with van der Waals surface area (Å²) in [4.78, 5) is 4.11. The van der Waals surface area contributed by atoms with Crippen molar-refractivity contribution in [3.05, 3.63) is 0 Å². The number of morpholine rings is 1. The zero-order chi connectivity index (χ0) is 17.3. The topological polar surface area (TPSA) is 83.0 Å². The van der Waals surface area contributed by atoms with E-state index in [-0.39, 0.29) is 41.9 Å². The molecule has 0 radical (unpaired) electrons. The third-order valence-electron chi connectivity index (χ3n) is 3.73. The number of unbranched alkanes of at least 4 members (excludes halogenated alkanes) is 2. The molecule has 0 aromatic carbocycles. The summed E-state index contributed by atoms with van der Waals surface area (Å²) < 4.78 is 31.9. The maximum atomic E-state index is 12.4. The number of hydrogen-bond acceptors (Lipinski definition) is 4. The first-order chi connectivity index (χ1) is 10.9. The van der Waals surface area contributed by atoms with Crippen molar-refractivity contribution in [2.75, 3.05) is 39.0 Å².